The van der Waals surface area contributed by atoms with Crippen LogP contribution in [0.3, 0.4) is 0 Å². The lowest BCUT2D eigenvalue weighted by Crippen LogP contribution is -2.60. The number of hydrogen-bond acceptors (Lipinski definition) is 10. The number of nitrogens with zero attached hydrogens (tertiary/aromatic N) is 3. The van der Waals surface area contributed by atoms with Crippen LogP contribution in [-0.2, 0) is 4.74 Å². The van der Waals surface area contributed by atoms with Crippen molar-refractivity contribution in [1.29, 1.82) is 0 Å². The molecule has 0 amide bonds. The largest absolute Gasteiger partial charge is 0.394 e. The lowest BCUT2D eigenvalue weighted by Gasteiger charge is -2.39. The first-order valence-corrected chi connectivity index (χ1v) is 8.36. The maximum atomic E-state index is 13.5. The Morgan fingerprint density at radius 2 is 2.04 bits per heavy atom. The minimum absolute atomic E-state index is 0.139. The van der Waals surface area contributed by atoms with E-state index in [0.717, 1.165) is 0 Å². The number of fused-ring (bicyclic) bond motifs is 1. The van der Waals surface area contributed by atoms with Gasteiger partial charge in [-0.25, -0.2) is 9.98 Å². The van der Waals surface area contributed by atoms with E-state index in [1.807, 2.05) is 0 Å². The van der Waals surface area contributed by atoms with Crippen LogP contribution >= 0.6 is 0 Å². The molecule has 10 nitrogen and oxygen atoms in total. The molecular formula is C17H19N5O5. The van der Waals surface area contributed by atoms with Gasteiger partial charge < -0.3 is 31.1 Å². The van der Waals surface area contributed by atoms with E-state index in [9.17, 15) is 20.1 Å². The summed E-state index contributed by atoms with van der Waals surface area (Å²) in [6, 6.07) is 8.48. The zero-order valence-electron chi connectivity index (χ0n) is 14.1. The summed E-state index contributed by atoms with van der Waals surface area (Å²) in [6.07, 6.45) is -2.29. The third kappa shape index (κ3) is 2.46. The van der Waals surface area contributed by atoms with Gasteiger partial charge in [0.15, 0.2) is 6.23 Å². The van der Waals surface area contributed by atoms with Crippen LogP contribution < -0.4 is 11.1 Å². The van der Waals surface area contributed by atoms with E-state index in [1.54, 1.807) is 30.3 Å². The van der Waals surface area contributed by atoms with E-state index in [-0.39, 0.29) is 11.5 Å². The zero-order valence-corrected chi connectivity index (χ0v) is 14.1. The molecule has 3 heterocycles. The number of benzene rings is 1. The van der Waals surface area contributed by atoms with Crippen molar-refractivity contribution in [2.45, 2.75) is 30.2 Å². The second-order valence-corrected chi connectivity index (χ2v) is 6.41. The molecule has 142 valence electrons. The van der Waals surface area contributed by atoms with Crippen LogP contribution in [0.2, 0.25) is 0 Å². The van der Waals surface area contributed by atoms with Crippen LogP contribution in [0, 0.1) is 0 Å². The van der Waals surface area contributed by atoms with Crippen molar-refractivity contribution in [1.82, 2.24) is 10.2 Å². The Morgan fingerprint density at radius 1 is 1.30 bits per heavy atom. The Bertz CT molecular complexity index is 841. The molecule has 1 unspecified atom stereocenters. The smallest absolute Gasteiger partial charge is 0.246 e. The number of aliphatic hydroxyl groups is 3. The summed E-state index contributed by atoms with van der Waals surface area (Å²) in [5, 5.41) is 32.6. The maximum absolute atomic E-state index is 13.5. The molecule has 0 spiro atoms. The number of aliphatic hydroxyl groups excluding tert-OH is 3. The highest BCUT2D eigenvalue weighted by Gasteiger charge is 2.59. The molecule has 10 heteroatoms. The second-order valence-electron chi connectivity index (χ2n) is 6.41. The summed E-state index contributed by atoms with van der Waals surface area (Å²) < 4.78 is 5.59. The molecule has 5 atom stereocenters. The van der Waals surface area contributed by atoms with Crippen molar-refractivity contribution in [3.63, 3.8) is 0 Å². The average Bonchev–Trinajstić information content (AvgIpc) is 3.22. The molecule has 0 bridgehead atoms. The van der Waals surface area contributed by atoms with Crippen LogP contribution in [0.5, 0.6) is 0 Å². The lowest BCUT2D eigenvalue weighted by atomic mass is 9.92. The number of carbonyl (C=O) groups is 1. The highest BCUT2D eigenvalue weighted by molar-refractivity contribution is 6.08. The fourth-order valence-corrected chi connectivity index (χ4v) is 3.50. The number of carbonyl (C=O) groups excluding carboxylic acids is 1. The summed E-state index contributed by atoms with van der Waals surface area (Å²) in [7, 11) is 0. The maximum Gasteiger partial charge on any atom is 0.246 e. The normalized spacial score (nSPS) is 34.7. The number of hydrogen-bond donors (Lipinski definition) is 5. The van der Waals surface area contributed by atoms with Crippen molar-refractivity contribution >= 4 is 18.5 Å². The predicted octanol–water partition coefficient (Wildman–Crippen LogP) is -1.89. The fraction of sp³-hybridized carbons (Fsp3) is 0.353. The molecule has 1 saturated heterocycles. The Hall–Kier alpha value is -2.79. The molecule has 0 aliphatic carbocycles. The van der Waals surface area contributed by atoms with Gasteiger partial charge in [-0.15, -0.1) is 0 Å². The monoisotopic (exact) mass is 373 g/mol. The summed E-state index contributed by atoms with van der Waals surface area (Å²) in [5.41, 5.74) is 4.83. The number of nitrogens with one attached hydrogen (secondary N) is 1. The molecule has 27 heavy (non-hydrogen) atoms. The molecule has 3 aliphatic heterocycles. The van der Waals surface area contributed by atoms with Crippen LogP contribution in [0.4, 0.5) is 0 Å². The first-order chi connectivity index (χ1) is 13.0. The van der Waals surface area contributed by atoms with E-state index in [4.69, 9.17) is 10.5 Å². The van der Waals surface area contributed by atoms with E-state index >= 15 is 0 Å². The topological polar surface area (TPSA) is 153 Å². The molecule has 0 saturated carbocycles. The van der Waals surface area contributed by atoms with E-state index < -0.39 is 42.6 Å². The van der Waals surface area contributed by atoms with Gasteiger partial charge in [-0.3, -0.25) is 9.69 Å². The van der Waals surface area contributed by atoms with E-state index in [1.165, 1.54) is 17.6 Å². The molecule has 1 aromatic carbocycles. The second kappa shape index (κ2) is 6.43. The fourth-order valence-electron chi connectivity index (χ4n) is 3.50. The van der Waals surface area contributed by atoms with Crippen LogP contribution in [0.1, 0.15) is 10.4 Å². The Balaban J connectivity index is 1.80. The predicted molar refractivity (Wildman–Crippen MR) is 94.4 cm³/mol. The third-order valence-electron chi connectivity index (χ3n) is 4.89. The first kappa shape index (κ1) is 17.6. The first-order valence-electron chi connectivity index (χ1n) is 8.36. The van der Waals surface area contributed by atoms with Gasteiger partial charge in [0, 0.05) is 5.56 Å². The van der Waals surface area contributed by atoms with Gasteiger partial charge >= 0.3 is 0 Å². The summed E-state index contributed by atoms with van der Waals surface area (Å²) in [6.45, 7) is -0.491. The van der Waals surface area contributed by atoms with Crippen LogP contribution in [0.15, 0.2) is 51.8 Å². The Kier molecular flexibility index (Phi) is 4.19. The van der Waals surface area contributed by atoms with Gasteiger partial charge in [-0.05, 0) is 0 Å². The van der Waals surface area contributed by atoms with Crippen molar-refractivity contribution in [3.8, 4) is 0 Å². The Labute approximate surface area is 154 Å². The summed E-state index contributed by atoms with van der Waals surface area (Å²) in [4.78, 5) is 23.3. The van der Waals surface area contributed by atoms with Gasteiger partial charge in [0.25, 0.3) is 0 Å². The Morgan fingerprint density at radius 3 is 2.70 bits per heavy atom. The minimum Gasteiger partial charge on any atom is -0.394 e. The number of ketones is 1. The number of ether oxygens (including phenoxy) is 1. The SMILES string of the molecule is NC1=C2N=CN([C@@H]3O[C@H](CO)[C@@H](O)[C@H]3O)C2(C(=O)c2ccccc2)N=CN1. The standard InChI is InChI=1S/C17H19N5O5/c18-15-13-17(21-7-19-15,14(26)9-4-2-1-3-5-9)22(8-20-13)16-12(25)11(24)10(6-23)27-16/h1-5,7-8,10-12,16,23-25H,6,18H2,(H,19,21)/t10-,11-,12-,16-,17?/m1/s1. The molecule has 6 N–H and O–H groups in total. The average molecular weight is 373 g/mol. The number of rotatable bonds is 4. The number of Topliss-reactive ketones (excluding diaryl/α,β-unsaturated/α-hetero) is 1. The minimum atomic E-state index is -1.69. The van der Waals surface area contributed by atoms with Crippen LogP contribution in [0.25, 0.3) is 0 Å². The number of aliphatic imine (C=N–C) groups is 2. The molecule has 1 aromatic rings. The number of nitrogens with two attached hydrogens (primary N) is 1. The highest BCUT2D eigenvalue weighted by atomic mass is 16.6. The van der Waals surface area contributed by atoms with Gasteiger partial charge in [0.05, 0.1) is 19.3 Å². The van der Waals surface area contributed by atoms with Gasteiger partial charge in [0.1, 0.15) is 29.8 Å². The quantitative estimate of drug-likeness (QED) is 0.384. The molecule has 0 radical (unpaired) electrons. The van der Waals surface area contributed by atoms with Crippen molar-refractivity contribution < 1.29 is 24.9 Å². The molecular weight excluding hydrogens is 354 g/mol. The zero-order chi connectivity index (χ0) is 19.2. The van der Waals surface area contributed by atoms with E-state index in [2.05, 4.69) is 15.3 Å². The highest BCUT2D eigenvalue weighted by Crippen LogP contribution is 2.41. The molecule has 0 aromatic heterocycles. The van der Waals surface area contributed by atoms with Gasteiger partial charge in [0.2, 0.25) is 11.4 Å². The molecule has 1 fully saturated rings. The van der Waals surface area contributed by atoms with Crippen LogP contribution in [-0.4, -0.2) is 75.5 Å². The van der Waals surface area contributed by atoms with E-state index in [0.29, 0.717) is 5.56 Å². The summed E-state index contributed by atoms with van der Waals surface area (Å²) in [5.74, 6) is -0.284. The third-order valence-corrected chi connectivity index (χ3v) is 4.89. The van der Waals surface area contributed by atoms with Crippen molar-refractivity contribution in [2.24, 2.45) is 15.7 Å². The van der Waals surface area contributed by atoms with Crippen molar-refractivity contribution in [2.75, 3.05) is 6.61 Å². The summed E-state index contributed by atoms with van der Waals surface area (Å²) >= 11 is 0. The van der Waals surface area contributed by atoms with Gasteiger partial charge in [-0.2, -0.15) is 0 Å². The molecule has 3 aliphatic rings. The molecule has 4 rings (SSSR count). The lowest BCUT2D eigenvalue weighted by molar-refractivity contribution is -0.0856. The van der Waals surface area contributed by atoms with Crippen molar-refractivity contribution in [3.05, 3.63) is 47.4 Å². The van der Waals surface area contributed by atoms with Gasteiger partial charge in [-0.1, -0.05) is 30.3 Å².